The fourth-order valence-electron chi connectivity index (χ4n) is 5.28. The SMILES string of the molecule is CNCCOc1ccc2oc(C(=O)N3C[C@@H](CCl)c4c3cc(OC(=O)Oc3ccc([N+](=O)[O-])cc3)c3ccccc43)cc2c1. The Balaban J connectivity index is 1.31. The Morgan fingerprint density at radius 1 is 1.02 bits per heavy atom. The van der Waals surface area contributed by atoms with Gasteiger partial charge >= 0.3 is 6.16 Å². The van der Waals surface area contributed by atoms with Crippen molar-refractivity contribution in [3.05, 3.63) is 100 Å². The zero-order chi connectivity index (χ0) is 30.8. The van der Waals surface area contributed by atoms with Crippen LogP contribution in [-0.2, 0) is 0 Å². The van der Waals surface area contributed by atoms with E-state index in [1.807, 2.05) is 31.3 Å². The predicted molar refractivity (Wildman–Crippen MR) is 164 cm³/mol. The highest BCUT2D eigenvalue weighted by atomic mass is 35.5. The van der Waals surface area contributed by atoms with Crippen molar-refractivity contribution in [2.24, 2.45) is 0 Å². The standard InChI is InChI=1S/C32H26ClN3O8/c1-34-12-13-41-23-10-11-27-19(14-23)15-29(43-27)31(37)35-18-20(17-33)30-25-5-3-2-4-24(25)28(16-26(30)35)44-32(38)42-22-8-6-21(7-9-22)36(39)40/h2-11,14-16,20,34H,12-13,17-18H2,1H3/t20-/m1/s1. The number of furan rings is 1. The molecule has 0 unspecified atom stereocenters. The van der Waals surface area contributed by atoms with Crippen molar-refractivity contribution in [3.8, 4) is 17.2 Å². The minimum atomic E-state index is -1.04. The number of nitrogens with zero attached hydrogens (tertiary/aromatic N) is 2. The summed E-state index contributed by atoms with van der Waals surface area (Å²) in [7, 11) is 1.84. The molecule has 5 aromatic rings. The molecule has 0 bridgehead atoms. The second-order valence-electron chi connectivity index (χ2n) is 10.1. The van der Waals surface area contributed by atoms with Gasteiger partial charge in [-0.2, -0.15) is 0 Å². The third-order valence-electron chi connectivity index (χ3n) is 7.32. The Labute approximate surface area is 256 Å². The van der Waals surface area contributed by atoms with E-state index in [1.54, 1.807) is 35.2 Å². The van der Waals surface area contributed by atoms with Crippen LogP contribution in [0.1, 0.15) is 22.0 Å². The van der Waals surface area contributed by atoms with Gasteiger partial charge in [0.15, 0.2) is 5.76 Å². The zero-order valence-electron chi connectivity index (χ0n) is 23.4. The first kappa shape index (κ1) is 29.0. The monoisotopic (exact) mass is 615 g/mol. The average molecular weight is 616 g/mol. The molecular formula is C32H26ClN3O8. The summed E-state index contributed by atoms with van der Waals surface area (Å²) in [5.74, 6) is 0.756. The summed E-state index contributed by atoms with van der Waals surface area (Å²) in [5.41, 5.74) is 1.79. The van der Waals surface area contributed by atoms with Gasteiger partial charge in [0.2, 0.25) is 0 Å². The zero-order valence-corrected chi connectivity index (χ0v) is 24.2. The van der Waals surface area contributed by atoms with Gasteiger partial charge in [-0.05, 0) is 54.4 Å². The molecule has 1 aliphatic heterocycles. The molecule has 6 rings (SSSR count). The van der Waals surface area contributed by atoms with Crippen LogP contribution in [0.2, 0.25) is 0 Å². The highest BCUT2D eigenvalue weighted by molar-refractivity contribution is 6.19. The maximum Gasteiger partial charge on any atom is 0.519 e. The summed E-state index contributed by atoms with van der Waals surface area (Å²) in [6.45, 7) is 1.49. The van der Waals surface area contributed by atoms with E-state index in [4.69, 9.17) is 30.2 Å². The maximum atomic E-state index is 13.9. The lowest BCUT2D eigenvalue weighted by Crippen LogP contribution is -2.29. The fraction of sp³-hybridized carbons (Fsp3) is 0.188. The number of ether oxygens (including phenoxy) is 3. The van der Waals surface area contributed by atoms with Gasteiger partial charge in [0.1, 0.15) is 29.4 Å². The van der Waals surface area contributed by atoms with Crippen LogP contribution in [0.5, 0.6) is 17.2 Å². The third kappa shape index (κ3) is 5.62. The maximum absolute atomic E-state index is 13.9. The van der Waals surface area contributed by atoms with Crippen molar-refractivity contribution in [1.29, 1.82) is 0 Å². The number of alkyl halides is 1. The Morgan fingerprint density at radius 2 is 1.77 bits per heavy atom. The average Bonchev–Trinajstić information content (AvgIpc) is 3.62. The lowest BCUT2D eigenvalue weighted by atomic mass is 9.95. The van der Waals surface area contributed by atoms with Crippen LogP contribution < -0.4 is 24.4 Å². The molecule has 1 aliphatic rings. The van der Waals surface area contributed by atoms with Crippen molar-refractivity contribution < 1.29 is 33.1 Å². The van der Waals surface area contributed by atoms with Crippen LogP contribution in [0.3, 0.4) is 0 Å². The van der Waals surface area contributed by atoms with Crippen LogP contribution in [0.15, 0.2) is 83.3 Å². The molecule has 1 aromatic heterocycles. The van der Waals surface area contributed by atoms with E-state index in [2.05, 4.69) is 5.32 Å². The molecule has 0 spiro atoms. The van der Waals surface area contributed by atoms with E-state index < -0.39 is 11.1 Å². The number of benzene rings is 4. The second-order valence-corrected chi connectivity index (χ2v) is 10.4. The van der Waals surface area contributed by atoms with Crippen LogP contribution in [0.25, 0.3) is 21.7 Å². The third-order valence-corrected chi connectivity index (χ3v) is 7.69. The Kier molecular flexibility index (Phi) is 8.05. The lowest BCUT2D eigenvalue weighted by molar-refractivity contribution is -0.384. The normalized spacial score (nSPS) is 14.0. The van der Waals surface area contributed by atoms with Gasteiger partial charge in [0, 0.05) is 53.9 Å². The summed E-state index contributed by atoms with van der Waals surface area (Å²) < 4.78 is 22.6. The summed E-state index contributed by atoms with van der Waals surface area (Å²) in [6.07, 6.45) is -1.04. The van der Waals surface area contributed by atoms with Gasteiger partial charge in [0.05, 0.1) is 10.6 Å². The van der Waals surface area contributed by atoms with Gasteiger partial charge in [-0.1, -0.05) is 24.3 Å². The van der Waals surface area contributed by atoms with Gasteiger partial charge in [-0.15, -0.1) is 11.6 Å². The number of fused-ring (bicyclic) bond motifs is 4. The molecule has 224 valence electrons. The number of halogens is 1. The molecule has 0 fully saturated rings. The number of carbonyl (C=O) groups is 2. The lowest BCUT2D eigenvalue weighted by Gasteiger charge is -2.18. The van der Waals surface area contributed by atoms with Crippen molar-refractivity contribution >= 4 is 56.8 Å². The van der Waals surface area contributed by atoms with E-state index in [1.165, 1.54) is 24.3 Å². The van der Waals surface area contributed by atoms with Crippen LogP contribution in [-0.4, -0.2) is 49.6 Å². The summed E-state index contributed by atoms with van der Waals surface area (Å²) in [4.78, 5) is 38.6. The molecule has 0 radical (unpaired) electrons. The number of carbonyl (C=O) groups excluding carboxylic acids is 2. The van der Waals surface area contributed by atoms with E-state index in [0.29, 0.717) is 42.1 Å². The highest BCUT2D eigenvalue weighted by Crippen LogP contribution is 2.46. The molecule has 2 heterocycles. The summed E-state index contributed by atoms with van der Waals surface area (Å²) in [6, 6.07) is 21.1. The molecule has 1 amide bonds. The number of non-ortho nitro benzene ring substituents is 1. The number of nitro groups is 1. The molecular weight excluding hydrogens is 590 g/mol. The smallest absolute Gasteiger partial charge is 0.492 e. The number of rotatable bonds is 9. The van der Waals surface area contributed by atoms with Gasteiger partial charge < -0.3 is 28.8 Å². The first-order chi connectivity index (χ1) is 21.4. The largest absolute Gasteiger partial charge is 0.519 e. The molecule has 1 N–H and O–H groups in total. The number of amides is 1. The van der Waals surface area contributed by atoms with E-state index in [-0.39, 0.29) is 40.7 Å². The molecule has 0 aliphatic carbocycles. The van der Waals surface area contributed by atoms with E-state index in [9.17, 15) is 19.7 Å². The van der Waals surface area contributed by atoms with Crippen LogP contribution in [0, 0.1) is 10.1 Å². The minimum absolute atomic E-state index is 0.0746. The Hall–Kier alpha value is -5.13. The van der Waals surface area contributed by atoms with E-state index >= 15 is 0 Å². The molecule has 1 atom stereocenters. The van der Waals surface area contributed by atoms with Gasteiger partial charge in [-0.25, -0.2) is 4.79 Å². The Morgan fingerprint density at radius 3 is 2.50 bits per heavy atom. The van der Waals surface area contributed by atoms with Gasteiger partial charge in [0.25, 0.3) is 11.6 Å². The summed E-state index contributed by atoms with van der Waals surface area (Å²) in [5, 5.41) is 16.1. The Bertz CT molecular complexity index is 1890. The minimum Gasteiger partial charge on any atom is -0.492 e. The van der Waals surface area contributed by atoms with Crippen molar-refractivity contribution in [2.45, 2.75) is 5.92 Å². The number of hydrogen-bond acceptors (Lipinski definition) is 9. The molecule has 12 heteroatoms. The first-order valence-electron chi connectivity index (χ1n) is 13.7. The highest BCUT2D eigenvalue weighted by Gasteiger charge is 2.36. The van der Waals surface area contributed by atoms with Crippen molar-refractivity contribution in [2.75, 3.05) is 37.5 Å². The number of likely N-dealkylation sites (N-methyl/N-ethyl adjacent to an activating group) is 1. The topological polar surface area (TPSA) is 133 Å². The fourth-order valence-corrected chi connectivity index (χ4v) is 5.53. The first-order valence-corrected chi connectivity index (χ1v) is 14.3. The summed E-state index contributed by atoms with van der Waals surface area (Å²) >= 11 is 6.40. The van der Waals surface area contributed by atoms with Gasteiger partial charge in [-0.3, -0.25) is 14.9 Å². The van der Waals surface area contributed by atoms with Crippen LogP contribution in [0.4, 0.5) is 16.2 Å². The molecule has 0 saturated heterocycles. The van der Waals surface area contributed by atoms with Crippen LogP contribution >= 0.6 is 11.6 Å². The quantitative estimate of drug-likeness (QED) is 0.0483. The molecule has 11 nitrogen and oxygen atoms in total. The molecule has 4 aromatic carbocycles. The molecule has 0 saturated carbocycles. The predicted octanol–water partition coefficient (Wildman–Crippen LogP) is 6.65. The number of anilines is 1. The second kappa shape index (κ2) is 12.2. The number of nitrogens with one attached hydrogen (secondary N) is 1. The number of hydrogen-bond donors (Lipinski definition) is 1. The van der Waals surface area contributed by atoms with Crippen molar-refractivity contribution in [1.82, 2.24) is 5.32 Å². The molecule has 44 heavy (non-hydrogen) atoms. The number of nitro benzene ring substituents is 1. The van der Waals surface area contributed by atoms with Crippen molar-refractivity contribution in [3.63, 3.8) is 0 Å². The van der Waals surface area contributed by atoms with E-state index in [0.717, 1.165) is 16.3 Å².